The highest BCUT2D eigenvalue weighted by Gasteiger charge is 2.13. The molecule has 1 unspecified atom stereocenters. The fourth-order valence-electron chi connectivity index (χ4n) is 1.61. The van der Waals surface area contributed by atoms with Crippen LogP contribution in [0.15, 0.2) is 35.4 Å². The van der Waals surface area contributed by atoms with Gasteiger partial charge in [0.2, 0.25) is 0 Å². The van der Waals surface area contributed by atoms with Crippen LogP contribution in [0.1, 0.15) is 6.92 Å². The highest BCUT2D eigenvalue weighted by molar-refractivity contribution is 7.99. The van der Waals surface area contributed by atoms with Gasteiger partial charge < -0.3 is 9.72 Å². The number of carbonyl (C=O) groups is 1. The second kappa shape index (κ2) is 5.27. The van der Waals surface area contributed by atoms with Gasteiger partial charge in [-0.15, -0.1) is 11.8 Å². The molecule has 0 saturated carbocycles. The number of thioether (sulfide) groups is 1. The van der Waals surface area contributed by atoms with Gasteiger partial charge in [-0.25, -0.2) is 0 Å². The molecule has 3 nitrogen and oxygen atoms in total. The van der Waals surface area contributed by atoms with Crippen molar-refractivity contribution in [3.8, 4) is 0 Å². The van der Waals surface area contributed by atoms with E-state index in [0.29, 0.717) is 0 Å². The Bertz CT molecular complexity index is 488. The van der Waals surface area contributed by atoms with E-state index < -0.39 is 0 Å². The molecule has 1 heterocycles. The normalized spacial score (nSPS) is 12.6. The molecule has 0 amide bonds. The minimum absolute atomic E-state index is 0.0867. The van der Waals surface area contributed by atoms with Gasteiger partial charge in [-0.3, -0.25) is 4.79 Å². The second-order valence-electron chi connectivity index (χ2n) is 3.96. The molecule has 0 radical (unpaired) electrons. The maximum Gasteiger partial charge on any atom is 0.309 e. The third kappa shape index (κ3) is 2.82. The number of aromatic nitrogens is 1. The Balaban J connectivity index is 2.01. The Hall–Kier alpha value is -1.42. The minimum atomic E-state index is -0.159. The van der Waals surface area contributed by atoms with E-state index in [1.807, 2.05) is 25.1 Å². The van der Waals surface area contributed by atoms with Crippen molar-refractivity contribution in [1.29, 1.82) is 0 Å². The number of H-pyrrole nitrogens is 1. The summed E-state index contributed by atoms with van der Waals surface area (Å²) in [5.41, 5.74) is 1.13. The van der Waals surface area contributed by atoms with Crippen molar-refractivity contribution >= 4 is 28.6 Å². The number of carbonyl (C=O) groups excluding carboxylic acids is 1. The molecule has 0 fully saturated rings. The molecule has 0 bridgehead atoms. The van der Waals surface area contributed by atoms with E-state index in [9.17, 15) is 4.79 Å². The monoisotopic (exact) mass is 249 g/mol. The first kappa shape index (κ1) is 12.0. The lowest BCUT2D eigenvalue weighted by molar-refractivity contribution is -0.143. The Morgan fingerprint density at radius 1 is 1.47 bits per heavy atom. The molecular formula is C13H15NO2S. The molecule has 1 aromatic heterocycles. The quantitative estimate of drug-likeness (QED) is 0.669. The van der Waals surface area contributed by atoms with Crippen LogP contribution in [-0.4, -0.2) is 23.8 Å². The van der Waals surface area contributed by atoms with Gasteiger partial charge in [0.15, 0.2) is 0 Å². The zero-order valence-electron chi connectivity index (χ0n) is 9.90. The number of para-hydroxylation sites is 1. The summed E-state index contributed by atoms with van der Waals surface area (Å²) < 4.78 is 4.70. The van der Waals surface area contributed by atoms with Crippen LogP contribution in [0, 0.1) is 5.92 Å². The summed E-state index contributed by atoms with van der Waals surface area (Å²) in [6.45, 7) is 1.88. The van der Waals surface area contributed by atoms with Gasteiger partial charge in [0.05, 0.1) is 18.1 Å². The summed E-state index contributed by atoms with van der Waals surface area (Å²) in [6.07, 6.45) is 0. The first-order valence-corrected chi connectivity index (χ1v) is 6.47. The van der Waals surface area contributed by atoms with Gasteiger partial charge in [-0.05, 0) is 12.1 Å². The van der Waals surface area contributed by atoms with Crippen molar-refractivity contribution in [2.24, 2.45) is 5.92 Å². The van der Waals surface area contributed by atoms with E-state index >= 15 is 0 Å². The van der Waals surface area contributed by atoms with Crippen LogP contribution < -0.4 is 0 Å². The zero-order valence-corrected chi connectivity index (χ0v) is 10.7. The Labute approximate surface area is 105 Å². The predicted molar refractivity (Wildman–Crippen MR) is 70.2 cm³/mol. The van der Waals surface area contributed by atoms with Crippen molar-refractivity contribution in [3.63, 3.8) is 0 Å². The summed E-state index contributed by atoms with van der Waals surface area (Å²) in [7, 11) is 1.42. The molecule has 17 heavy (non-hydrogen) atoms. The molecule has 1 N–H and O–H groups in total. The highest BCUT2D eigenvalue weighted by Crippen LogP contribution is 2.24. The summed E-state index contributed by atoms with van der Waals surface area (Å²) >= 11 is 1.64. The number of esters is 1. The molecule has 0 spiro atoms. The number of hydrogen-bond donors (Lipinski definition) is 1. The third-order valence-electron chi connectivity index (χ3n) is 2.60. The molecule has 2 aromatic rings. The maximum atomic E-state index is 11.3. The van der Waals surface area contributed by atoms with Crippen molar-refractivity contribution in [1.82, 2.24) is 4.98 Å². The number of rotatable bonds is 4. The Morgan fingerprint density at radius 3 is 2.94 bits per heavy atom. The van der Waals surface area contributed by atoms with Crippen LogP contribution in [0.5, 0.6) is 0 Å². The minimum Gasteiger partial charge on any atom is -0.469 e. The molecule has 0 aliphatic carbocycles. The lowest BCUT2D eigenvalue weighted by atomic mass is 10.2. The number of nitrogens with one attached hydrogen (secondary N) is 1. The van der Waals surface area contributed by atoms with E-state index in [2.05, 4.69) is 17.1 Å². The number of ether oxygens (including phenoxy) is 1. The first-order chi connectivity index (χ1) is 8.20. The number of fused-ring (bicyclic) bond motifs is 1. The standard InChI is InChI=1S/C13H15NO2S/c1-9(13(15)16-2)8-17-12-7-10-5-3-4-6-11(10)14-12/h3-7,9,14H,8H2,1-2H3. The maximum absolute atomic E-state index is 11.3. The van der Waals surface area contributed by atoms with Crippen LogP contribution in [-0.2, 0) is 9.53 Å². The predicted octanol–water partition coefficient (Wildman–Crippen LogP) is 3.07. The van der Waals surface area contributed by atoms with Gasteiger partial charge >= 0.3 is 5.97 Å². The van der Waals surface area contributed by atoms with Gasteiger partial charge in [0.1, 0.15) is 0 Å². The zero-order chi connectivity index (χ0) is 12.3. The lowest BCUT2D eigenvalue weighted by Gasteiger charge is -2.06. The molecule has 1 aromatic carbocycles. The SMILES string of the molecule is COC(=O)C(C)CSc1cc2ccccc2[nH]1. The topological polar surface area (TPSA) is 42.1 Å². The molecule has 90 valence electrons. The van der Waals surface area contributed by atoms with E-state index in [1.165, 1.54) is 12.5 Å². The number of methoxy groups -OCH3 is 1. The number of hydrogen-bond acceptors (Lipinski definition) is 3. The van der Waals surface area contributed by atoms with Crippen LogP contribution >= 0.6 is 11.8 Å². The largest absolute Gasteiger partial charge is 0.469 e. The van der Waals surface area contributed by atoms with Crippen molar-refractivity contribution < 1.29 is 9.53 Å². The van der Waals surface area contributed by atoms with Gasteiger partial charge in [0, 0.05) is 16.7 Å². The van der Waals surface area contributed by atoms with Gasteiger partial charge in [-0.2, -0.15) is 0 Å². The van der Waals surface area contributed by atoms with E-state index in [0.717, 1.165) is 16.3 Å². The van der Waals surface area contributed by atoms with Gasteiger partial charge in [-0.1, -0.05) is 25.1 Å². The summed E-state index contributed by atoms with van der Waals surface area (Å²) in [5, 5.41) is 2.28. The fraction of sp³-hybridized carbons (Fsp3) is 0.308. The van der Waals surface area contributed by atoms with E-state index in [4.69, 9.17) is 4.74 Å². The van der Waals surface area contributed by atoms with E-state index in [1.54, 1.807) is 11.8 Å². The average molecular weight is 249 g/mol. The smallest absolute Gasteiger partial charge is 0.309 e. The summed E-state index contributed by atoms with van der Waals surface area (Å²) in [6, 6.07) is 10.2. The average Bonchev–Trinajstić information content (AvgIpc) is 2.77. The van der Waals surface area contributed by atoms with Crippen LogP contribution in [0.3, 0.4) is 0 Å². The van der Waals surface area contributed by atoms with E-state index in [-0.39, 0.29) is 11.9 Å². The van der Waals surface area contributed by atoms with Crippen LogP contribution in [0.2, 0.25) is 0 Å². The van der Waals surface area contributed by atoms with Crippen molar-refractivity contribution in [2.75, 3.05) is 12.9 Å². The molecule has 0 saturated heterocycles. The summed E-state index contributed by atoms with van der Waals surface area (Å²) in [5.74, 6) is 0.476. The van der Waals surface area contributed by atoms with Crippen LogP contribution in [0.4, 0.5) is 0 Å². The fourth-order valence-corrected chi connectivity index (χ4v) is 2.57. The van der Waals surface area contributed by atoms with Gasteiger partial charge in [0.25, 0.3) is 0 Å². The molecule has 0 aliphatic heterocycles. The number of aromatic amines is 1. The van der Waals surface area contributed by atoms with Crippen molar-refractivity contribution in [2.45, 2.75) is 11.9 Å². The Morgan fingerprint density at radius 2 is 2.24 bits per heavy atom. The molecule has 4 heteroatoms. The van der Waals surface area contributed by atoms with Crippen LogP contribution in [0.25, 0.3) is 10.9 Å². The first-order valence-electron chi connectivity index (χ1n) is 5.49. The molecule has 0 aliphatic rings. The Kier molecular flexibility index (Phi) is 3.74. The second-order valence-corrected chi connectivity index (χ2v) is 5.02. The highest BCUT2D eigenvalue weighted by atomic mass is 32.2. The molecular weight excluding hydrogens is 234 g/mol. The molecule has 1 atom stereocenters. The molecule has 2 rings (SSSR count). The third-order valence-corrected chi connectivity index (χ3v) is 3.80. The summed E-state index contributed by atoms with van der Waals surface area (Å²) in [4.78, 5) is 14.6. The van der Waals surface area contributed by atoms with Crippen molar-refractivity contribution in [3.05, 3.63) is 30.3 Å². The number of benzene rings is 1. The lowest BCUT2D eigenvalue weighted by Crippen LogP contribution is -2.14.